The Morgan fingerprint density at radius 1 is 1.55 bits per heavy atom. The third kappa shape index (κ3) is 3.73. The summed E-state index contributed by atoms with van der Waals surface area (Å²) < 4.78 is 0. The first-order valence-corrected chi connectivity index (χ1v) is 4.71. The molecule has 0 radical (unpaired) electrons. The Morgan fingerprint density at radius 2 is 2.27 bits per heavy atom. The first-order chi connectivity index (χ1) is 5.36. The minimum atomic E-state index is 0.292. The Bertz CT molecular complexity index is 102. The second-order valence-electron chi connectivity index (χ2n) is 3.52. The van der Waals surface area contributed by atoms with Gasteiger partial charge in [-0.05, 0) is 31.7 Å². The molecule has 0 saturated heterocycles. The first kappa shape index (κ1) is 9.01. The Hall–Kier alpha value is -0.0800. The molecule has 0 aromatic heterocycles. The van der Waals surface area contributed by atoms with Crippen molar-refractivity contribution in [2.75, 3.05) is 13.2 Å². The van der Waals surface area contributed by atoms with E-state index in [4.69, 9.17) is 5.11 Å². The molecule has 11 heavy (non-hydrogen) atoms. The van der Waals surface area contributed by atoms with Gasteiger partial charge in [-0.15, -0.1) is 0 Å². The average molecular weight is 157 g/mol. The molecule has 2 heteroatoms. The van der Waals surface area contributed by atoms with Gasteiger partial charge in [0.1, 0.15) is 0 Å². The topological polar surface area (TPSA) is 32.3 Å². The molecule has 1 fully saturated rings. The zero-order chi connectivity index (χ0) is 8.10. The van der Waals surface area contributed by atoms with Crippen molar-refractivity contribution >= 4 is 0 Å². The molecule has 2 nitrogen and oxygen atoms in total. The molecule has 0 spiro atoms. The van der Waals surface area contributed by atoms with Crippen LogP contribution in [-0.4, -0.2) is 24.3 Å². The van der Waals surface area contributed by atoms with E-state index in [2.05, 4.69) is 12.2 Å². The van der Waals surface area contributed by atoms with E-state index < -0.39 is 0 Å². The SMILES string of the molecule is CCCC(CO)NCC1CC1. The molecule has 66 valence electrons. The summed E-state index contributed by atoms with van der Waals surface area (Å²) in [4.78, 5) is 0. The van der Waals surface area contributed by atoms with Crippen molar-refractivity contribution < 1.29 is 5.11 Å². The molecular weight excluding hydrogens is 138 g/mol. The van der Waals surface area contributed by atoms with E-state index in [1.165, 1.54) is 12.8 Å². The van der Waals surface area contributed by atoms with E-state index in [1.807, 2.05) is 0 Å². The monoisotopic (exact) mass is 157 g/mol. The molecule has 0 aliphatic heterocycles. The van der Waals surface area contributed by atoms with Crippen molar-refractivity contribution in [1.82, 2.24) is 5.32 Å². The molecule has 0 aromatic rings. The molecule has 2 N–H and O–H groups in total. The van der Waals surface area contributed by atoms with Crippen molar-refractivity contribution in [3.05, 3.63) is 0 Å². The third-order valence-corrected chi connectivity index (χ3v) is 2.25. The maximum Gasteiger partial charge on any atom is 0.0584 e. The van der Waals surface area contributed by atoms with Gasteiger partial charge >= 0.3 is 0 Å². The summed E-state index contributed by atoms with van der Waals surface area (Å²) in [6, 6.07) is 0.348. The quantitative estimate of drug-likeness (QED) is 0.606. The summed E-state index contributed by atoms with van der Waals surface area (Å²) in [6.07, 6.45) is 5.03. The normalized spacial score (nSPS) is 20.2. The minimum Gasteiger partial charge on any atom is -0.395 e. The number of nitrogens with one attached hydrogen (secondary N) is 1. The van der Waals surface area contributed by atoms with Crippen LogP contribution in [0.1, 0.15) is 32.6 Å². The van der Waals surface area contributed by atoms with Crippen LogP contribution in [-0.2, 0) is 0 Å². The Labute approximate surface area is 69.0 Å². The highest BCUT2D eigenvalue weighted by molar-refractivity contribution is 4.77. The van der Waals surface area contributed by atoms with E-state index in [-0.39, 0.29) is 0 Å². The molecule has 0 amide bonds. The summed E-state index contributed by atoms with van der Waals surface area (Å²) in [5.41, 5.74) is 0. The van der Waals surface area contributed by atoms with Gasteiger partial charge in [0.25, 0.3) is 0 Å². The van der Waals surface area contributed by atoms with E-state index in [9.17, 15) is 0 Å². The van der Waals surface area contributed by atoms with Crippen LogP contribution in [0.15, 0.2) is 0 Å². The van der Waals surface area contributed by atoms with Crippen LogP contribution < -0.4 is 5.32 Å². The zero-order valence-corrected chi connectivity index (χ0v) is 7.34. The number of aliphatic hydroxyl groups excluding tert-OH is 1. The largest absolute Gasteiger partial charge is 0.395 e. The summed E-state index contributed by atoms with van der Waals surface area (Å²) in [6.45, 7) is 3.56. The lowest BCUT2D eigenvalue weighted by molar-refractivity contribution is 0.234. The average Bonchev–Trinajstić information content (AvgIpc) is 2.81. The molecule has 0 heterocycles. The Balaban J connectivity index is 1.98. The van der Waals surface area contributed by atoms with E-state index in [1.54, 1.807) is 0 Å². The van der Waals surface area contributed by atoms with Crippen molar-refractivity contribution in [3.8, 4) is 0 Å². The summed E-state index contributed by atoms with van der Waals surface area (Å²) in [5.74, 6) is 0.918. The first-order valence-electron chi connectivity index (χ1n) is 4.71. The highest BCUT2D eigenvalue weighted by Crippen LogP contribution is 2.27. The molecule has 1 unspecified atom stereocenters. The van der Waals surface area contributed by atoms with Crippen LogP contribution in [0.25, 0.3) is 0 Å². The van der Waals surface area contributed by atoms with Gasteiger partial charge in [0.15, 0.2) is 0 Å². The van der Waals surface area contributed by atoms with Crippen molar-refractivity contribution in [2.24, 2.45) is 5.92 Å². The lowest BCUT2D eigenvalue weighted by atomic mass is 10.2. The molecule has 0 aromatic carbocycles. The van der Waals surface area contributed by atoms with Crippen molar-refractivity contribution in [3.63, 3.8) is 0 Å². The standard InChI is InChI=1S/C9H19NO/c1-2-3-9(7-11)10-6-8-4-5-8/h8-11H,2-7H2,1H3. The van der Waals surface area contributed by atoms with Crippen LogP contribution in [0, 0.1) is 5.92 Å². The van der Waals surface area contributed by atoms with Crippen molar-refractivity contribution in [2.45, 2.75) is 38.6 Å². The minimum absolute atomic E-state index is 0.292. The lowest BCUT2D eigenvalue weighted by Gasteiger charge is -2.14. The van der Waals surface area contributed by atoms with Gasteiger partial charge in [-0.1, -0.05) is 13.3 Å². The highest BCUT2D eigenvalue weighted by Gasteiger charge is 2.21. The predicted octanol–water partition coefficient (Wildman–Crippen LogP) is 1.15. The molecular formula is C9H19NO. The van der Waals surface area contributed by atoms with Crippen LogP contribution >= 0.6 is 0 Å². The van der Waals surface area contributed by atoms with Crippen LogP contribution in [0.4, 0.5) is 0 Å². The summed E-state index contributed by atoms with van der Waals surface area (Å²) in [7, 11) is 0. The predicted molar refractivity (Wildman–Crippen MR) is 46.5 cm³/mol. The van der Waals surface area contributed by atoms with Crippen LogP contribution in [0.5, 0.6) is 0 Å². The molecule has 1 rings (SSSR count). The van der Waals surface area contributed by atoms with Crippen molar-refractivity contribution in [1.29, 1.82) is 0 Å². The zero-order valence-electron chi connectivity index (χ0n) is 7.34. The highest BCUT2D eigenvalue weighted by atomic mass is 16.3. The number of aliphatic hydroxyl groups is 1. The summed E-state index contributed by atoms with van der Waals surface area (Å²) >= 11 is 0. The number of hydrogen-bond donors (Lipinski definition) is 2. The molecule has 1 aliphatic rings. The number of hydrogen-bond acceptors (Lipinski definition) is 2. The van der Waals surface area contributed by atoms with Crippen LogP contribution in [0.2, 0.25) is 0 Å². The second kappa shape index (κ2) is 4.73. The van der Waals surface area contributed by atoms with Gasteiger partial charge in [0, 0.05) is 6.04 Å². The Morgan fingerprint density at radius 3 is 2.73 bits per heavy atom. The van der Waals surface area contributed by atoms with Gasteiger partial charge in [0.2, 0.25) is 0 Å². The lowest BCUT2D eigenvalue weighted by Crippen LogP contribution is -2.33. The fraction of sp³-hybridized carbons (Fsp3) is 1.00. The molecule has 1 atom stereocenters. The molecule has 0 bridgehead atoms. The van der Waals surface area contributed by atoms with Gasteiger partial charge in [-0.2, -0.15) is 0 Å². The molecule has 1 aliphatic carbocycles. The van der Waals surface area contributed by atoms with Gasteiger partial charge < -0.3 is 10.4 Å². The van der Waals surface area contributed by atoms with Gasteiger partial charge in [-0.25, -0.2) is 0 Å². The smallest absolute Gasteiger partial charge is 0.0584 e. The fourth-order valence-corrected chi connectivity index (χ4v) is 1.26. The van der Waals surface area contributed by atoms with Crippen LogP contribution in [0.3, 0.4) is 0 Å². The fourth-order valence-electron chi connectivity index (χ4n) is 1.26. The Kier molecular flexibility index (Phi) is 3.87. The van der Waals surface area contributed by atoms with Gasteiger partial charge in [-0.3, -0.25) is 0 Å². The van der Waals surface area contributed by atoms with Gasteiger partial charge in [0.05, 0.1) is 6.61 Å². The summed E-state index contributed by atoms with van der Waals surface area (Å²) in [5, 5.41) is 12.3. The van der Waals surface area contributed by atoms with E-state index in [0.29, 0.717) is 12.6 Å². The van der Waals surface area contributed by atoms with E-state index >= 15 is 0 Å². The molecule has 1 saturated carbocycles. The maximum absolute atomic E-state index is 8.93. The maximum atomic E-state index is 8.93. The number of rotatable bonds is 6. The third-order valence-electron chi connectivity index (χ3n) is 2.25. The van der Waals surface area contributed by atoms with E-state index in [0.717, 1.165) is 25.3 Å². The second-order valence-corrected chi connectivity index (χ2v) is 3.52.